The molecule has 0 aliphatic carbocycles. The Kier molecular flexibility index (Phi) is 4.54. The Labute approximate surface area is 134 Å². The first-order valence-electron chi connectivity index (χ1n) is 7.49. The lowest BCUT2D eigenvalue weighted by atomic mass is 9.91. The molecule has 2 unspecified atom stereocenters. The van der Waals surface area contributed by atoms with Gasteiger partial charge in [-0.3, -0.25) is 0 Å². The predicted molar refractivity (Wildman–Crippen MR) is 84.5 cm³/mol. The maximum absolute atomic E-state index is 6.31. The van der Waals surface area contributed by atoms with Crippen LogP contribution in [0.25, 0.3) is 0 Å². The van der Waals surface area contributed by atoms with Gasteiger partial charge >= 0.3 is 0 Å². The fourth-order valence-corrected chi connectivity index (χ4v) is 3.85. The molecule has 2 aliphatic heterocycles. The van der Waals surface area contributed by atoms with Crippen molar-refractivity contribution in [2.24, 2.45) is 5.73 Å². The van der Waals surface area contributed by atoms with Gasteiger partial charge in [0.1, 0.15) is 11.9 Å². The van der Waals surface area contributed by atoms with Crippen molar-refractivity contribution in [1.82, 2.24) is 0 Å². The first-order chi connectivity index (χ1) is 10.1. The molecule has 21 heavy (non-hydrogen) atoms. The molecule has 4 nitrogen and oxygen atoms in total. The molecule has 3 rings (SSSR count). The van der Waals surface area contributed by atoms with Gasteiger partial charge in [0.25, 0.3) is 0 Å². The van der Waals surface area contributed by atoms with E-state index in [0.29, 0.717) is 13.2 Å². The number of benzene rings is 1. The van der Waals surface area contributed by atoms with Crippen molar-refractivity contribution in [2.75, 3.05) is 19.8 Å². The highest BCUT2D eigenvalue weighted by Crippen LogP contribution is 2.36. The number of hydrogen-bond acceptors (Lipinski definition) is 4. The van der Waals surface area contributed by atoms with Crippen LogP contribution in [0.3, 0.4) is 0 Å². The second-order valence-corrected chi connectivity index (χ2v) is 6.90. The fraction of sp³-hybridized carbons (Fsp3) is 0.625. The molecule has 116 valence electrons. The van der Waals surface area contributed by atoms with Gasteiger partial charge in [0, 0.05) is 42.5 Å². The number of halogens is 1. The summed E-state index contributed by atoms with van der Waals surface area (Å²) in [5.74, 6) is 0.932. The summed E-state index contributed by atoms with van der Waals surface area (Å²) in [5.41, 5.74) is 7.90. The van der Waals surface area contributed by atoms with E-state index in [0.717, 1.165) is 53.8 Å². The quantitative estimate of drug-likeness (QED) is 0.905. The molecule has 0 radical (unpaired) electrons. The van der Waals surface area contributed by atoms with Crippen molar-refractivity contribution in [3.8, 4) is 5.75 Å². The van der Waals surface area contributed by atoms with E-state index in [-0.39, 0.29) is 11.7 Å². The highest BCUT2D eigenvalue weighted by molar-refractivity contribution is 9.10. The molecule has 0 amide bonds. The molecule has 0 bridgehead atoms. The Bertz CT molecular complexity index is 514. The Balaban J connectivity index is 1.77. The first-order valence-corrected chi connectivity index (χ1v) is 8.29. The van der Waals surface area contributed by atoms with Crippen LogP contribution in [0.15, 0.2) is 16.6 Å². The standard InChI is InChI=1S/C16H22BrNO3/c1-11-6-13(17)7-12(9-18)15(11)21-14-2-4-20-16(8-14)3-5-19-10-16/h6-7,14H,2-5,8-10,18H2,1H3. The zero-order valence-corrected chi connectivity index (χ0v) is 13.9. The lowest BCUT2D eigenvalue weighted by molar-refractivity contribution is -0.112. The van der Waals surface area contributed by atoms with Crippen LogP contribution in [-0.2, 0) is 16.0 Å². The van der Waals surface area contributed by atoms with Crippen molar-refractivity contribution in [2.45, 2.75) is 44.4 Å². The second kappa shape index (κ2) is 6.24. The molecule has 2 atom stereocenters. The number of rotatable bonds is 3. The van der Waals surface area contributed by atoms with E-state index in [4.69, 9.17) is 19.9 Å². The summed E-state index contributed by atoms with van der Waals surface area (Å²) in [7, 11) is 0. The molecule has 1 aromatic carbocycles. The van der Waals surface area contributed by atoms with Gasteiger partial charge in [-0.2, -0.15) is 0 Å². The molecular weight excluding hydrogens is 334 g/mol. The minimum absolute atomic E-state index is 0.130. The second-order valence-electron chi connectivity index (χ2n) is 5.98. The lowest BCUT2D eigenvalue weighted by Crippen LogP contribution is -2.44. The number of nitrogens with two attached hydrogens (primary N) is 1. The highest BCUT2D eigenvalue weighted by atomic mass is 79.9. The maximum Gasteiger partial charge on any atom is 0.127 e. The van der Waals surface area contributed by atoms with Gasteiger partial charge in [0.15, 0.2) is 0 Å². The normalized spacial score (nSPS) is 29.0. The van der Waals surface area contributed by atoms with Crippen LogP contribution >= 0.6 is 15.9 Å². The van der Waals surface area contributed by atoms with Gasteiger partial charge in [0.05, 0.1) is 18.8 Å². The summed E-state index contributed by atoms with van der Waals surface area (Å²) in [6, 6.07) is 4.11. The van der Waals surface area contributed by atoms with Crippen molar-refractivity contribution in [1.29, 1.82) is 0 Å². The summed E-state index contributed by atoms with van der Waals surface area (Å²) in [5, 5.41) is 0. The van der Waals surface area contributed by atoms with E-state index >= 15 is 0 Å². The third-order valence-corrected chi connectivity index (χ3v) is 4.79. The minimum Gasteiger partial charge on any atom is -0.490 e. The van der Waals surface area contributed by atoms with E-state index in [2.05, 4.69) is 28.9 Å². The van der Waals surface area contributed by atoms with E-state index in [1.165, 1.54) is 0 Å². The van der Waals surface area contributed by atoms with Crippen LogP contribution in [-0.4, -0.2) is 31.5 Å². The molecule has 1 spiro atoms. The number of hydrogen-bond donors (Lipinski definition) is 1. The van der Waals surface area contributed by atoms with Crippen LogP contribution in [0.1, 0.15) is 30.4 Å². The van der Waals surface area contributed by atoms with Gasteiger partial charge < -0.3 is 19.9 Å². The fourth-order valence-electron chi connectivity index (χ4n) is 3.23. The maximum atomic E-state index is 6.31. The van der Waals surface area contributed by atoms with E-state index in [1.807, 2.05) is 6.07 Å². The average Bonchev–Trinajstić information content (AvgIpc) is 2.89. The van der Waals surface area contributed by atoms with Crippen molar-refractivity contribution in [3.05, 3.63) is 27.7 Å². The predicted octanol–water partition coefficient (Wildman–Crippen LogP) is 2.93. The first kappa shape index (κ1) is 15.3. The molecule has 0 saturated carbocycles. The van der Waals surface area contributed by atoms with Crippen LogP contribution in [0.2, 0.25) is 0 Å². The summed E-state index contributed by atoms with van der Waals surface area (Å²) in [6.07, 6.45) is 2.95. The largest absolute Gasteiger partial charge is 0.490 e. The van der Waals surface area contributed by atoms with Gasteiger partial charge in [0.2, 0.25) is 0 Å². The smallest absolute Gasteiger partial charge is 0.127 e. The molecule has 2 heterocycles. The molecule has 0 aromatic heterocycles. The summed E-state index contributed by atoms with van der Waals surface area (Å²) in [4.78, 5) is 0. The molecule has 2 N–H and O–H groups in total. The van der Waals surface area contributed by atoms with Crippen molar-refractivity contribution >= 4 is 15.9 Å². The van der Waals surface area contributed by atoms with Crippen molar-refractivity contribution in [3.63, 3.8) is 0 Å². The molecule has 2 aliphatic rings. The minimum atomic E-state index is -0.130. The zero-order valence-electron chi connectivity index (χ0n) is 12.4. The molecule has 1 aromatic rings. The van der Waals surface area contributed by atoms with Crippen molar-refractivity contribution < 1.29 is 14.2 Å². The van der Waals surface area contributed by atoms with Gasteiger partial charge in [-0.05, 0) is 24.6 Å². The number of aryl methyl sites for hydroxylation is 1. The highest BCUT2D eigenvalue weighted by Gasteiger charge is 2.42. The summed E-state index contributed by atoms with van der Waals surface area (Å²) in [6.45, 7) is 4.76. The van der Waals surface area contributed by atoms with E-state index in [9.17, 15) is 0 Å². The monoisotopic (exact) mass is 355 g/mol. The Morgan fingerprint density at radius 1 is 1.43 bits per heavy atom. The van der Waals surface area contributed by atoms with E-state index < -0.39 is 0 Å². The van der Waals surface area contributed by atoms with Crippen LogP contribution in [0.5, 0.6) is 5.75 Å². The lowest BCUT2D eigenvalue weighted by Gasteiger charge is -2.37. The molecule has 2 saturated heterocycles. The van der Waals surface area contributed by atoms with Crippen LogP contribution in [0.4, 0.5) is 0 Å². The SMILES string of the molecule is Cc1cc(Br)cc(CN)c1OC1CCOC2(CCOC2)C1. The molecule has 2 fully saturated rings. The molecule has 5 heteroatoms. The average molecular weight is 356 g/mol. The summed E-state index contributed by atoms with van der Waals surface area (Å²) < 4.78 is 18.8. The third kappa shape index (κ3) is 3.26. The van der Waals surface area contributed by atoms with Gasteiger partial charge in [-0.1, -0.05) is 15.9 Å². The Hall–Kier alpha value is -0.620. The molecular formula is C16H22BrNO3. The zero-order chi connectivity index (χ0) is 14.9. The topological polar surface area (TPSA) is 53.7 Å². The summed E-state index contributed by atoms with van der Waals surface area (Å²) >= 11 is 3.51. The number of ether oxygens (including phenoxy) is 3. The Morgan fingerprint density at radius 3 is 3.00 bits per heavy atom. The van der Waals surface area contributed by atoms with Crippen LogP contribution < -0.4 is 10.5 Å². The van der Waals surface area contributed by atoms with Gasteiger partial charge in [-0.15, -0.1) is 0 Å². The third-order valence-electron chi connectivity index (χ3n) is 4.34. The van der Waals surface area contributed by atoms with E-state index in [1.54, 1.807) is 0 Å². The van der Waals surface area contributed by atoms with Crippen LogP contribution in [0, 0.1) is 6.92 Å². The Morgan fingerprint density at radius 2 is 2.29 bits per heavy atom. The van der Waals surface area contributed by atoms with Gasteiger partial charge in [-0.25, -0.2) is 0 Å².